The predicted octanol–water partition coefficient (Wildman–Crippen LogP) is 4.62. The Morgan fingerprint density at radius 1 is 1.23 bits per heavy atom. The van der Waals surface area contributed by atoms with Gasteiger partial charge in [0.2, 0.25) is 0 Å². The number of aryl methyl sites for hydroxylation is 2. The number of nitrogens with zero attached hydrogens (tertiary/aromatic N) is 2. The lowest BCUT2D eigenvalue weighted by molar-refractivity contribution is 0.213. The van der Waals surface area contributed by atoms with Crippen LogP contribution in [0, 0.1) is 13.8 Å². The monoisotopic (exact) mass is 398 g/mol. The molecule has 2 rings (SSSR count). The lowest BCUT2D eigenvalue weighted by atomic mass is 10.2. The van der Waals surface area contributed by atoms with E-state index in [-0.39, 0.29) is 0 Å². The lowest BCUT2D eigenvalue weighted by Crippen LogP contribution is -2.17. The van der Waals surface area contributed by atoms with Crippen LogP contribution in [0.3, 0.4) is 0 Å². The molecule has 0 aliphatic carbocycles. The van der Waals surface area contributed by atoms with E-state index < -0.39 is 13.3 Å². The van der Waals surface area contributed by atoms with E-state index in [4.69, 9.17) is 9.05 Å². The van der Waals surface area contributed by atoms with Gasteiger partial charge >= 0.3 is 7.60 Å². The predicted molar refractivity (Wildman–Crippen MR) is 107 cm³/mol. The van der Waals surface area contributed by atoms with Crippen LogP contribution in [-0.2, 0) is 13.6 Å². The Hall–Kier alpha value is -1.47. The van der Waals surface area contributed by atoms with E-state index in [1.54, 1.807) is 6.20 Å². The summed E-state index contributed by atoms with van der Waals surface area (Å²) in [5, 5.41) is 8.01. The van der Waals surface area contributed by atoms with E-state index in [1.807, 2.05) is 46.9 Å². The summed E-state index contributed by atoms with van der Waals surface area (Å²) in [6.07, 6.45) is 1.73. The number of nitrogens with one attached hydrogen (secondary N) is 2. The first-order chi connectivity index (χ1) is 12.4. The second-order valence-corrected chi connectivity index (χ2v) is 8.95. The molecule has 0 fully saturated rings. The molecular formula is C17H27N4O3PS. The number of rotatable bonds is 10. The minimum atomic E-state index is -3.37. The standard InChI is InChI=1S/C17H27N4O3PS/c1-6-23-25(22,24-7-2)15(17-20-11-16(18-5)26-17)10-19-14-9-8-12(3)21-13(14)4/h8-9,11,15,18-19H,6-7,10H2,1-5H3. The van der Waals surface area contributed by atoms with Crippen LogP contribution in [0.5, 0.6) is 0 Å². The Morgan fingerprint density at radius 3 is 2.46 bits per heavy atom. The third-order valence-corrected chi connectivity index (χ3v) is 7.50. The first kappa shape index (κ1) is 20.8. The number of aromatic nitrogens is 2. The van der Waals surface area contributed by atoms with E-state index in [9.17, 15) is 4.57 Å². The highest BCUT2D eigenvalue weighted by Gasteiger charge is 2.39. The van der Waals surface area contributed by atoms with Gasteiger partial charge in [0.05, 0.1) is 30.8 Å². The molecule has 2 aromatic heterocycles. The van der Waals surface area contributed by atoms with Crippen LogP contribution in [0.25, 0.3) is 0 Å². The van der Waals surface area contributed by atoms with Crippen molar-refractivity contribution < 1.29 is 13.6 Å². The normalized spacial score (nSPS) is 12.8. The number of hydrogen-bond acceptors (Lipinski definition) is 8. The number of anilines is 2. The first-order valence-electron chi connectivity index (χ1n) is 8.63. The zero-order chi connectivity index (χ0) is 19.2. The van der Waals surface area contributed by atoms with Gasteiger partial charge in [-0.3, -0.25) is 9.55 Å². The van der Waals surface area contributed by atoms with Crippen LogP contribution in [0.2, 0.25) is 0 Å². The molecule has 144 valence electrons. The molecule has 0 aromatic carbocycles. The van der Waals surface area contributed by atoms with Crippen molar-refractivity contribution in [3.05, 3.63) is 34.7 Å². The van der Waals surface area contributed by atoms with Crippen molar-refractivity contribution in [3.8, 4) is 0 Å². The molecule has 1 unspecified atom stereocenters. The fourth-order valence-corrected chi connectivity index (χ4v) is 5.66. The van der Waals surface area contributed by atoms with Gasteiger partial charge in [-0.25, -0.2) is 4.98 Å². The van der Waals surface area contributed by atoms with E-state index in [1.165, 1.54) is 11.3 Å². The largest absolute Gasteiger partial charge is 0.382 e. The van der Waals surface area contributed by atoms with Gasteiger partial charge in [0.1, 0.15) is 15.7 Å². The van der Waals surface area contributed by atoms with Crippen molar-refractivity contribution in [1.29, 1.82) is 0 Å². The summed E-state index contributed by atoms with van der Waals surface area (Å²) in [4.78, 5) is 8.89. The summed E-state index contributed by atoms with van der Waals surface area (Å²) in [6.45, 7) is 8.51. The summed E-state index contributed by atoms with van der Waals surface area (Å²) in [6, 6.07) is 3.92. The van der Waals surface area contributed by atoms with Crippen LogP contribution < -0.4 is 10.6 Å². The number of thiazole rings is 1. The summed E-state index contributed by atoms with van der Waals surface area (Å²) >= 11 is 1.45. The minimum Gasteiger partial charge on any atom is -0.382 e. The second kappa shape index (κ2) is 9.46. The van der Waals surface area contributed by atoms with Gasteiger partial charge in [0.25, 0.3) is 0 Å². The minimum absolute atomic E-state index is 0.309. The van der Waals surface area contributed by atoms with Crippen molar-refractivity contribution in [2.75, 3.05) is 37.4 Å². The van der Waals surface area contributed by atoms with Crippen molar-refractivity contribution in [2.24, 2.45) is 0 Å². The van der Waals surface area contributed by atoms with Gasteiger partial charge in [-0.2, -0.15) is 0 Å². The van der Waals surface area contributed by atoms with Crippen LogP contribution in [0.1, 0.15) is 35.9 Å². The Labute approximate surface area is 159 Å². The molecule has 0 bridgehead atoms. The Bertz CT molecular complexity index is 758. The number of hydrogen-bond donors (Lipinski definition) is 2. The van der Waals surface area contributed by atoms with E-state index in [2.05, 4.69) is 20.6 Å². The maximum absolute atomic E-state index is 13.4. The van der Waals surface area contributed by atoms with Gasteiger partial charge in [-0.15, -0.1) is 11.3 Å². The molecule has 2 N–H and O–H groups in total. The molecule has 26 heavy (non-hydrogen) atoms. The Morgan fingerprint density at radius 2 is 1.92 bits per heavy atom. The average molecular weight is 398 g/mol. The van der Waals surface area contributed by atoms with Crippen molar-refractivity contribution in [3.63, 3.8) is 0 Å². The smallest absolute Gasteiger partial charge is 0.342 e. The average Bonchev–Trinajstić information content (AvgIpc) is 3.06. The molecule has 7 nitrogen and oxygen atoms in total. The Balaban J connectivity index is 2.31. The fourth-order valence-electron chi connectivity index (χ4n) is 2.55. The molecular weight excluding hydrogens is 371 g/mol. The summed E-state index contributed by atoms with van der Waals surface area (Å²) < 4.78 is 24.6. The highest BCUT2D eigenvalue weighted by Crippen LogP contribution is 2.61. The SMILES string of the molecule is CCOP(=O)(OCC)C(CNc1ccc(C)nc1C)c1ncc(NC)s1. The number of pyridine rings is 1. The molecule has 0 amide bonds. The molecule has 0 saturated heterocycles. The van der Waals surface area contributed by atoms with Gasteiger partial charge in [-0.1, -0.05) is 0 Å². The lowest BCUT2D eigenvalue weighted by Gasteiger charge is -2.25. The summed E-state index contributed by atoms with van der Waals surface area (Å²) in [5.74, 6) is 0. The van der Waals surface area contributed by atoms with Crippen molar-refractivity contribution in [1.82, 2.24) is 9.97 Å². The van der Waals surface area contributed by atoms with Crippen LogP contribution in [0.15, 0.2) is 18.3 Å². The molecule has 2 heterocycles. The zero-order valence-electron chi connectivity index (χ0n) is 15.9. The molecule has 1 atom stereocenters. The molecule has 0 saturated carbocycles. The van der Waals surface area contributed by atoms with Crippen molar-refractivity contribution >= 4 is 29.6 Å². The molecule has 2 aromatic rings. The molecule has 9 heteroatoms. The second-order valence-electron chi connectivity index (χ2n) is 5.67. The first-order valence-corrected chi connectivity index (χ1v) is 11.1. The van der Waals surface area contributed by atoms with Crippen molar-refractivity contribution in [2.45, 2.75) is 33.4 Å². The van der Waals surface area contributed by atoms with Crippen LogP contribution >= 0.6 is 18.9 Å². The summed E-state index contributed by atoms with van der Waals surface area (Å²) in [7, 11) is -1.54. The zero-order valence-corrected chi connectivity index (χ0v) is 17.6. The van der Waals surface area contributed by atoms with E-state index >= 15 is 0 Å². The van der Waals surface area contributed by atoms with E-state index in [0.717, 1.165) is 22.1 Å². The third-order valence-electron chi connectivity index (χ3n) is 3.77. The molecule has 0 radical (unpaired) electrons. The molecule has 0 aliphatic rings. The van der Waals surface area contributed by atoms with Gasteiger partial charge in [-0.05, 0) is 39.8 Å². The third kappa shape index (κ3) is 5.04. The van der Waals surface area contributed by atoms with Gasteiger partial charge < -0.3 is 19.7 Å². The van der Waals surface area contributed by atoms with Gasteiger partial charge in [0, 0.05) is 19.3 Å². The summed E-state index contributed by atoms with van der Waals surface area (Å²) in [5.41, 5.74) is 2.24. The van der Waals surface area contributed by atoms with Crippen LogP contribution in [-0.4, -0.2) is 36.8 Å². The molecule has 0 aliphatic heterocycles. The Kier molecular flexibility index (Phi) is 7.58. The highest BCUT2D eigenvalue weighted by atomic mass is 32.1. The topological polar surface area (TPSA) is 85.4 Å². The van der Waals surface area contributed by atoms with Crippen LogP contribution in [0.4, 0.5) is 10.7 Å². The maximum atomic E-state index is 13.4. The quantitative estimate of drug-likeness (QED) is 0.565. The fraction of sp³-hybridized carbons (Fsp3) is 0.529. The maximum Gasteiger partial charge on any atom is 0.342 e. The van der Waals surface area contributed by atoms with Gasteiger partial charge in [0.15, 0.2) is 0 Å². The molecule has 0 spiro atoms. The highest BCUT2D eigenvalue weighted by molar-refractivity contribution is 7.54. The van der Waals surface area contributed by atoms with E-state index in [0.29, 0.717) is 24.8 Å².